The zero-order chi connectivity index (χ0) is 72.5. The van der Waals surface area contributed by atoms with Crippen LogP contribution < -0.4 is 0 Å². The van der Waals surface area contributed by atoms with Gasteiger partial charge in [-0.05, 0) is 203 Å². The smallest absolute Gasteiger partial charge is 0.145 e. The van der Waals surface area contributed by atoms with Crippen LogP contribution in [-0.2, 0) is 43.3 Å². The molecule has 0 unspecified atom stereocenters. The molecule has 0 saturated carbocycles. The number of furan rings is 1. The van der Waals surface area contributed by atoms with Crippen molar-refractivity contribution in [2.45, 2.75) is 209 Å². The van der Waals surface area contributed by atoms with E-state index in [9.17, 15) is 0 Å². The van der Waals surface area contributed by atoms with E-state index in [1.54, 1.807) is 0 Å². The first-order valence-corrected chi connectivity index (χ1v) is 37.9. The topological polar surface area (TPSA) is 30.8 Å². The van der Waals surface area contributed by atoms with Crippen LogP contribution in [0.25, 0.3) is 174 Å². The first-order chi connectivity index (χ1) is 48.2. The van der Waals surface area contributed by atoms with Crippen molar-refractivity contribution < 1.29 is 4.42 Å². The molecule has 0 radical (unpaired) electrons. The zero-order valence-corrected chi connectivity index (χ0v) is 65.2. The third kappa shape index (κ3) is 8.72. The molecule has 0 N–H and O–H groups in total. The average molecular weight is 1350 g/mol. The summed E-state index contributed by atoms with van der Waals surface area (Å²) < 4.78 is 17.6. The molecule has 5 heteroatoms. The highest BCUT2D eigenvalue weighted by Crippen LogP contribution is 2.55. The minimum atomic E-state index is -0.0144. The normalized spacial score (nSPS) is 14.2. The standard InChI is InChI=1S/C52H50N2O.C46H48N2/c1-49(2,3)27-13-17-39-33(21-27)35-23-29(51(7,8)9)25-37-43-41(53(39)45(35)37)19-15-31-32-16-20-42-44(48(32)55-47(31)43)38-26-30(52(10,11)12)24-36-34-22-28(50(4,5)6)14-18-40(34)54(42)46(36)38;1-43(2,3)25-14-18-33-30(21-25)38-37-29-17-13-28(46(10,11)12)24-36(29)48-35-20-16-27(45(7,8)9)23-32(35)39(41(37)48)40-31-22-26(44(4,5)6)15-19-34(31)47(33)42(38)40/h13-26H,1-12H3;13-24H,1-12H3. The van der Waals surface area contributed by atoms with Gasteiger partial charge in [-0.1, -0.05) is 209 Å². The van der Waals surface area contributed by atoms with Crippen molar-refractivity contribution in [2.75, 3.05) is 0 Å². The Bertz CT molecular complexity index is 6850. The van der Waals surface area contributed by atoms with E-state index in [4.69, 9.17) is 4.42 Å². The van der Waals surface area contributed by atoms with Crippen LogP contribution >= 0.6 is 0 Å². The number of benzene rings is 11. The molecule has 103 heavy (non-hydrogen) atoms. The molecule has 0 spiro atoms. The highest BCUT2D eigenvalue weighted by Gasteiger charge is 2.34. The summed E-state index contributed by atoms with van der Waals surface area (Å²) in [4.78, 5) is 0. The Morgan fingerprint density at radius 3 is 0.738 bits per heavy atom. The Morgan fingerprint density at radius 1 is 0.175 bits per heavy atom. The first-order valence-electron chi connectivity index (χ1n) is 37.9. The molecule has 9 aromatic heterocycles. The maximum Gasteiger partial charge on any atom is 0.145 e. The SMILES string of the molecule is CC(C)(C)c1ccc2c(c1)c1c3c4cc(C(C)(C)C)ccc4n4c5cc(C(C)(C)C)ccc5c(c5c6cc(C(C)(C)C)ccc6n2c15)c34.CC(C)(C)c1ccc2c(c1)c1cc(C(C)(C)C)cc3c4c5oc6c(ccc7c6c6cc(C(C)(C)C)cc8c9cc(C(C)(C)C)ccc9n7c86)c5ccc4n2c13. The van der Waals surface area contributed by atoms with Crippen molar-refractivity contribution in [3.8, 4) is 0 Å². The number of rotatable bonds is 0. The Morgan fingerprint density at radius 2 is 0.408 bits per heavy atom. The van der Waals surface area contributed by atoms with E-state index in [0.29, 0.717) is 0 Å². The molecule has 0 aliphatic carbocycles. The number of hydrogen-bond acceptors (Lipinski definition) is 1. The number of fused-ring (bicyclic) bond motifs is 31. The molecular formula is C98H98N4O. The average Bonchev–Trinajstić information content (AvgIpc) is 1.49. The quantitative estimate of drug-likeness (QED) is 0.149. The van der Waals surface area contributed by atoms with Gasteiger partial charge in [-0.15, -0.1) is 0 Å². The molecule has 9 heterocycles. The molecule has 20 rings (SSSR count). The van der Waals surface area contributed by atoms with Gasteiger partial charge in [0, 0.05) is 86.2 Å². The second kappa shape index (κ2) is 19.8. The van der Waals surface area contributed by atoms with Gasteiger partial charge in [0.25, 0.3) is 0 Å². The molecule has 516 valence electrons. The van der Waals surface area contributed by atoms with Gasteiger partial charge in [0.15, 0.2) is 0 Å². The summed E-state index contributed by atoms with van der Waals surface area (Å²) in [5.74, 6) is 0. The van der Waals surface area contributed by atoms with Gasteiger partial charge in [0.2, 0.25) is 0 Å². The Labute approximate surface area is 604 Å². The zero-order valence-electron chi connectivity index (χ0n) is 65.2. The predicted molar refractivity (Wildman–Crippen MR) is 448 cm³/mol. The third-order valence-corrected chi connectivity index (χ3v) is 24.4. The van der Waals surface area contributed by atoms with E-state index >= 15 is 0 Å². The van der Waals surface area contributed by atoms with Crippen LogP contribution in [0.5, 0.6) is 0 Å². The van der Waals surface area contributed by atoms with Crippen molar-refractivity contribution in [3.05, 3.63) is 202 Å². The molecule has 0 amide bonds. The first kappa shape index (κ1) is 64.3. The number of hydrogen-bond donors (Lipinski definition) is 0. The van der Waals surface area contributed by atoms with Crippen molar-refractivity contribution in [3.63, 3.8) is 0 Å². The van der Waals surface area contributed by atoms with E-state index in [1.165, 1.54) is 208 Å². The molecule has 5 nitrogen and oxygen atoms in total. The molecule has 0 aliphatic heterocycles. The van der Waals surface area contributed by atoms with Crippen molar-refractivity contribution in [1.82, 2.24) is 17.6 Å². The highest BCUT2D eigenvalue weighted by atomic mass is 16.3. The van der Waals surface area contributed by atoms with Crippen molar-refractivity contribution in [1.29, 1.82) is 0 Å². The van der Waals surface area contributed by atoms with Crippen LogP contribution in [0.2, 0.25) is 0 Å². The molecule has 0 atom stereocenters. The molecule has 0 bridgehead atoms. The number of aromatic nitrogens is 4. The summed E-state index contributed by atoms with van der Waals surface area (Å²) >= 11 is 0. The molecule has 0 fully saturated rings. The summed E-state index contributed by atoms with van der Waals surface area (Å²) in [5.41, 5.74) is 28.7. The minimum Gasteiger partial charge on any atom is -0.455 e. The van der Waals surface area contributed by atoms with Crippen LogP contribution in [0.4, 0.5) is 0 Å². The van der Waals surface area contributed by atoms with E-state index < -0.39 is 0 Å². The van der Waals surface area contributed by atoms with E-state index in [2.05, 4.69) is 341 Å². The largest absolute Gasteiger partial charge is 0.455 e. The van der Waals surface area contributed by atoms with Gasteiger partial charge in [-0.25, -0.2) is 0 Å². The van der Waals surface area contributed by atoms with Crippen LogP contribution in [0.3, 0.4) is 0 Å². The van der Waals surface area contributed by atoms with Gasteiger partial charge in [-0.2, -0.15) is 0 Å². The van der Waals surface area contributed by atoms with Gasteiger partial charge in [-0.3, -0.25) is 0 Å². The Hall–Kier alpha value is -9.58. The summed E-state index contributed by atoms with van der Waals surface area (Å²) in [6.07, 6.45) is 0. The lowest BCUT2D eigenvalue weighted by Crippen LogP contribution is -2.11. The van der Waals surface area contributed by atoms with Crippen LogP contribution in [0.15, 0.2) is 162 Å². The summed E-state index contributed by atoms with van der Waals surface area (Å²) in [7, 11) is 0. The minimum absolute atomic E-state index is 0.0144. The summed E-state index contributed by atoms with van der Waals surface area (Å²) in [6.45, 7) is 55.8. The lowest BCUT2D eigenvalue weighted by atomic mass is 9.84. The van der Waals surface area contributed by atoms with Crippen molar-refractivity contribution in [2.24, 2.45) is 0 Å². The van der Waals surface area contributed by atoms with Gasteiger partial charge >= 0.3 is 0 Å². The van der Waals surface area contributed by atoms with Gasteiger partial charge in [0.1, 0.15) is 11.2 Å². The molecule has 11 aromatic carbocycles. The maximum absolute atomic E-state index is 7.38. The second-order valence-electron chi connectivity index (χ2n) is 39.5. The van der Waals surface area contributed by atoms with Gasteiger partial charge < -0.3 is 22.0 Å². The lowest BCUT2D eigenvalue weighted by Gasteiger charge is -2.20. The predicted octanol–water partition coefficient (Wildman–Crippen LogP) is 28.3. The Balaban J connectivity index is 0.000000144. The number of nitrogens with zero attached hydrogens (tertiary/aromatic N) is 4. The van der Waals surface area contributed by atoms with Crippen molar-refractivity contribution >= 4 is 174 Å². The summed E-state index contributed by atoms with van der Waals surface area (Å²) in [5, 5.41) is 23.7. The second-order valence-corrected chi connectivity index (χ2v) is 39.5. The van der Waals surface area contributed by atoms with Crippen LogP contribution in [0, 0.1) is 0 Å². The Kier molecular flexibility index (Phi) is 12.4. The molecule has 0 saturated heterocycles. The third-order valence-electron chi connectivity index (χ3n) is 24.4. The van der Waals surface area contributed by atoms with Crippen LogP contribution in [0.1, 0.15) is 211 Å². The fourth-order valence-electron chi connectivity index (χ4n) is 18.3. The molecule has 0 aliphatic rings. The lowest BCUT2D eigenvalue weighted by molar-refractivity contribution is 0.590. The van der Waals surface area contributed by atoms with E-state index in [1.807, 2.05) is 0 Å². The summed E-state index contributed by atoms with van der Waals surface area (Å²) in [6, 6.07) is 62.4. The van der Waals surface area contributed by atoms with Gasteiger partial charge in [0.05, 0.1) is 77.0 Å². The van der Waals surface area contributed by atoms with E-state index in [0.717, 1.165) is 11.2 Å². The van der Waals surface area contributed by atoms with Crippen LogP contribution in [-0.4, -0.2) is 17.6 Å². The molecule has 20 aromatic rings. The van der Waals surface area contributed by atoms with E-state index in [-0.39, 0.29) is 43.3 Å². The maximum atomic E-state index is 7.38. The highest BCUT2D eigenvalue weighted by molar-refractivity contribution is 6.45. The monoisotopic (exact) mass is 1350 g/mol. The molecular weight excluding hydrogens is 1250 g/mol. The fraction of sp³-hybridized carbons (Fsp3) is 0.327. The fourth-order valence-corrected chi connectivity index (χ4v) is 18.3.